The summed E-state index contributed by atoms with van der Waals surface area (Å²) in [5, 5.41) is 22.9. The van der Waals surface area contributed by atoms with Crippen molar-refractivity contribution < 1.29 is 28.3 Å². The van der Waals surface area contributed by atoms with Crippen LogP contribution in [0.5, 0.6) is 0 Å². The Hall–Kier alpha value is -2.41. The third-order valence-corrected chi connectivity index (χ3v) is 8.90. The minimum absolute atomic E-state index is 0.0378. The minimum Gasteiger partial charge on any atom is -0.411 e. The average molecular weight is 460 g/mol. The van der Waals surface area contributed by atoms with Crippen LogP contribution < -0.4 is 0 Å². The maximum Gasteiger partial charge on any atom is 0.417 e. The molecule has 5 rings (SSSR count). The number of carbonyl (C=O) groups is 1. The van der Waals surface area contributed by atoms with Gasteiger partial charge in [0.1, 0.15) is 0 Å². The molecule has 0 radical (unpaired) electrons. The number of allylic oxidation sites excluding steroid dienone is 4. The third kappa shape index (κ3) is 3.22. The van der Waals surface area contributed by atoms with Gasteiger partial charge in [0.05, 0.1) is 6.21 Å². The summed E-state index contributed by atoms with van der Waals surface area (Å²) in [6, 6.07) is 7.34. The Morgan fingerprint density at radius 2 is 1.85 bits per heavy atom. The molecule has 1 aromatic rings. The van der Waals surface area contributed by atoms with E-state index in [4.69, 9.17) is 5.21 Å². The van der Waals surface area contributed by atoms with E-state index in [9.17, 15) is 23.1 Å². The number of oxime groups is 1. The van der Waals surface area contributed by atoms with Crippen LogP contribution in [0, 0.1) is 17.3 Å². The molecule has 0 aliphatic heterocycles. The maximum atomic E-state index is 14.2. The smallest absolute Gasteiger partial charge is 0.411 e. The molecule has 0 spiro atoms. The third-order valence-electron chi connectivity index (χ3n) is 8.90. The number of ketones is 1. The molecule has 2 fully saturated rings. The van der Waals surface area contributed by atoms with E-state index in [0.717, 1.165) is 16.7 Å². The number of carbonyl (C=O) groups excluding carboxylic acids is 1. The van der Waals surface area contributed by atoms with Crippen LogP contribution in [0.15, 0.2) is 52.2 Å². The number of rotatable bonds is 2. The Labute approximate surface area is 190 Å². The van der Waals surface area contributed by atoms with E-state index in [-0.39, 0.29) is 36.4 Å². The molecule has 4 aliphatic carbocycles. The molecular formula is C26H28F3NO3. The Kier molecular flexibility index (Phi) is 5.12. The molecule has 5 atom stereocenters. The van der Waals surface area contributed by atoms with E-state index < -0.39 is 17.2 Å². The average Bonchev–Trinajstić information content (AvgIpc) is 3.05. The van der Waals surface area contributed by atoms with Crippen LogP contribution in [0.1, 0.15) is 68.9 Å². The lowest BCUT2D eigenvalue weighted by molar-refractivity contribution is -0.299. The number of alkyl halides is 3. The van der Waals surface area contributed by atoms with Gasteiger partial charge in [-0.05, 0) is 78.7 Å². The molecule has 2 N–H and O–H groups in total. The zero-order valence-electron chi connectivity index (χ0n) is 18.5. The Balaban J connectivity index is 1.67. The highest BCUT2D eigenvalue weighted by atomic mass is 19.4. The monoisotopic (exact) mass is 459 g/mol. The lowest BCUT2D eigenvalue weighted by atomic mass is 9.51. The number of hydrogen-bond acceptors (Lipinski definition) is 4. The van der Waals surface area contributed by atoms with Gasteiger partial charge in [-0.25, -0.2) is 0 Å². The second kappa shape index (κ2) is 7.55. The molecule has 2 unspecified atom stereocenters. The van der Waals surface area contributed by atoms with Gasteiger partial charge < -0.3 is 10.3 Å². The number of nitrogens with zero attached hydrogens (tertiary/aromatic N) is 1. The largest absolute Gasteiger partial charge is 0.417 e. The van der Waals surface area contributed by atoms with E-state index >= 15 is 0 Å². The molecule has 0 saturated heterocycles. The first kappa shape index (κ1) is 22.4. The van der Waals surface area contributed by atoms with Crippen molar-refractivity contribution >= 4 is 12.0 Å². The van der Waals surface area contributed by atoms with E-state index in [0.29, 0.717) is 37.7 Å². The van der Waals surface area contributed by atoms with Gasteiger partial charge in [-0.2, -0.15) is 13.2 Å². The first-order valence-corrected chi connectivity index (χ1v) is 11.6. The highest BCUT2D eigenvalue weighted by Gasteiger charge is 2.72. The van der Waals surface area contributed by atoms with Crippen molar-refractivity contribution in [1.82, 2.24) is 0 Å². The Morgan fingerprint density at radius 1 is 1.12 bits per heavy atom. The van der Waals surface area contributed by atoms with Gasteiger partial charge >= 0.3 is 6.18 Å². The van der Waals surface area contributed by atoms with Gasteiger partial charge in [0.15, 0.2) is 11.4 Å². The van der Waals surface area contributed by atoms with Gasteiger partial charge in [0.2, 0.25) is 0 Å². The van der Waals surface area contributed by atoms with Crippen molar-refractivity contribution in [2.45, 2.75) is 69.6 Å². The maximum absolute atomic E-state index is 14.2. The molecular weight excluding hydrogens is 431 g/mol. The predicted octanol–water partition coefficient (Wildman–Crippen LogP) is 5.69. The summed E-state index contributed by atoms with van der Waals surface area (Å²) in [6.07, 6.45) is 1.11. The van der Waals surface area contributed by atoms with Crippen molar-refractivity contribution in [2.75, 3.05) is 0 Å². The standard InChI is InChI=1S/C26H28F3NO3/c1-24-13-21(16-4-2-15(3-5-16)14-30-33)23-19-9-7-18(31)12-17(19)6-8-20(23)22(24)10-11-25(24,32)26(27,28)29/h2-5,12,14,20-22,32-33H,6-11,13H2,1H3/b30-14-/t20?,21-,22?,24+,25+/m1/s1. The zero-order chi connectivity index (χ0) is 23.6. The van der Waals surface area contributed by atoms with Crippen LogP contribution in [0.25, 0.3) is 0 Å². The van der Waals surface area contributed by atoms with Crippen LogP contribution in [0.2, 0.25) is 0 Å². The fraction of sp³-hybridized carbons (Fsp3) is 0.538. The highest BCUT2D eigenvalue weighted by Crippen LogP contribution is 2.69. The summed E-state index contributed by atoms with van der Waals surface area (Å²) >= 11 is 0. The van der Waals surface area contributed by atoms with Gasteiger partial charge in [-0.15, -0.1) is 0 Å². The number of benzene rings is 1. The van der Waals surface area contributed by atoms with Crippen LogP contribution >= 0.6 is 0 Å². The zero-order valence-corrected chi connectivity index (χ0v) is 18.5. The molecule has 0 amide bonds. The van der Waals surface area contributed by atoms with Crippen molar-refractivity contribution in [3.8, 4) is 0 Å². The molecule has 7 heteroatoms. The molecule has 2 saturated carbocycles. The van der Waals surface area contributed by atoms with E-state index in [1.54, 1.807) is 25.1 Å². The normalized spacial score (nSPS) is 36.5. The van der Waals surface area contributed by atoms with Crippen molar-refractivity contribution in [3.63, 3.8) is 0 Å². The SMILES string of the molecule is C[C@]12C[C@H](c3ccc(/C=N\O)cc3)C3=C4CCC(=O)C=C4CCC3C1CC[C@@]2(O)C(F)(F)F. The summed E-state index contributed by atoms with van der Waals surface area (Å²) in [6.45, 7) is 1.63. The van der Waals surface area contributed by atoms with Crippen LogP contribution in [0.4, 0.5) is 13.2 Å². The van der Waals surface area contributed by atoms with Crippen molar-refractivity contribution in [1.29, 1.82) is 0 Å². The quantitative estimate of drug-likeness (QED) is 0.339. The first-order chi connectivity index (χ1) is 15.6. The van der Waals surface area contributed by atoms with Gasteiger partial charge in [0, 0.05) is 17.8 Å². The molecule has 0 bridgehead atoms. The van der Waals surface area contributed by atoms with Crippen LogP contribution in [-0.4, -0.2) is 34.1 Å². The number of halogens is 3. The molecule has 33 heavy (non-hydrogen) atoms. The molecule has 4 aliphatic rings. The topological polar surface area (TPSA) is 69.9 Å². The van der Waals surface area contributed by atoms with Gasteiger partial charge in [-0.1, -0.05) is 41.9 Å². The molecule has 4 nitrogen and oxygen atoms in total. The Morgan fingerprint density at radius 3 is 2.52 bits per heavy atom. The van der Waals surface area contributed by atoms with E-state index in [1.807, 2.05) is 12.1 Å². The summed E-state index contributed by atoms with van der Waals surface area (Å²) in [5.74, 6) is -0.438. The summed E-state index contributed by atoms with van der Waals surface area (Å²) < 4.78 is 42.7. The summed E-state index contributed by atoms with van der Waals surface area (Å²) in [7, 11) is 0. The fourth-order valence-corrected chi connectivity index (χ4v) is 7.31. The molecule has 0 aromatic heterocycles. The Bertz CT molecular complexity index is 1070. The predicted molar refractivity (Wildman–Crippen MR) is 117 cm³/mol. The van der Waals surface area contributed by atoms with Gasteiger partial charge in [-0.3, -0.25) is 4.79 Å². The summed E-state index contributed by atoms with van der Waals surface area (Å²) in [4.78, 5) is 12.1. The van der Waals surface area contributed by atoms with E-state index in [2.05, 4.69) is 5.16 Å². The summed E-state index contributed by atoms with van der Waals surface area (Å²) in [5.41, 5.74) is 0.961. The fourth-order valence-electron chi connectivity index (χ4n) is 7.31. The second-order valence-electron chi connectivity index (χ2n) is 10.3. The molecule has 176 valence electrons. The second-order valence-corrected chi connectivity index (χ2v) is 10.3. The van der Waals surface area contributed by atoms with Gasteiger partial charge in [0.25, 0.3) is 0 Å². The van der Waals surface area contributed by atoms with Crippen LogP contribution in [0.3, 0.4) is 0 Å². The number of hydrogen-bond donors (Lipinski definition) is 2. The lowest BCUT2D eigenvalue weighted by Crippen LogP contribution is -2.58. The van der Waals surface area contributed by atoms with E-state index in [1.165, 1.54) is 11.8 Å². The molecule has 0 heterocycles. The lowest BCUT2D eigenvalue weighted by Gasteiger charge is -2.55. The van der Waals surface area contributed by atoms with Crippen molar-refractivity contribution in [3.05, 3.63) is 58.2 Å². The molecule has 1 aromatic carbocycles. The first-order valence-electron chi connectivity index (χ1n) is 11.6. The minimum atomic E-state index is -4.69. The highest BCUT2D eigenvalue weighted by molar-refractivity contribution is 5.93. The van der Waals surface area contributed by atoms with Crippen LogP contribution in [-0.2, 0) is 4.79 Å². The number of aliphatic hydroxyl groups is 1. The number of fused-ring (bicyclic) bond motifs is 4. The van der Waals surface area contributed by atoms with Crippen molar-refractivity contribution in [2.24, 2.45) is 22.4 Å².